The van der Waals surface area contributed by atoms with Crippen LogP contribution in [0, 0.1) is 5.92 Å². The third-order valence-electron chi connectivity index (χ3n) is 3.15. The summed E-state index contributed by atoms with van der Waals surface area (Å²) in [7, 11) is 0. The molecule has 0 aromatic carbocycles. The molecule has 0 saturated heterocycles. The minimum absolute atomic E-state index is 0.202. The second-order valence-corrected chi connectivity index (χ2v) is 5.33. The van der Waals surface area contributed by atoms with Crippen molar-refractivity contribution in [2.75, 3.05) is 0 Å². The molecule has 0 aromatic heterocycles. The van der Waals surface area contributed by atoms with Gasteiger partial charge in [0, 0.05) is 10.7 Å². The summed E-state index contributed by atoms with van der Waals surface area (Å²) in [5.74, 6) is 0.208. The van der Waals surface area contributed by atoms with Crippen LogP contribution in [0.4, 0.5) is 13.2 Å². The Morgan fingerprint density at radius 3 is 2.76 bits per heavy atom. The van der Waals surface area contributed by atoms with Gasteiger partial charge in [0.15, 0.2) is 0 Å². The fraction of sp³-hybridized carbons (Fsp3) is 0.500. The van der Waals surface area contributed by atoms with Crippen LogP contribution >= 0.6 is 15.9 Å². The normalized spacial score (nSPS) is 29.4. The number of alkyl halides is 3. The van der Waals surface area contributed by atoms with Crippen LogP contribution in [0.3, 0.4) is 0 Å². The molecule has 0 radical (unpaired) electrons. The molecule has 0 N–H and O–H groups in total. The fourth-order valence-corrected chi connectivity index (χ4v) is 2.63. The van der Waals surface area contributed by atoms with E-state index in [0.29, 0.717) is 10.9 Å². The van der Waals surface area contributed by atoms with Crippen molar-refractivity contribution in [2.24, 2.45) is 5.92 Å². The molecule has 0 aliphatic carbocycles. The Bertz CT molecular complexity index is 395. The molecular weight excluding hydrogens is 295 g/mol. The highest BCUT2D eigenvalue weighted by molar-refractivity contribution is 9.11. The summed E-state index contributed by atoms with van der Waals surface area (Å²) in [4.78, 5) is 1.34. The van der Waals surface area contributed by atoms with Gasteiger partial charge in [-0.25, -0.2) is 0 Å². The van der Waals surface area contributed by atoms with E-state index in [9.17, 15) is 13.2 Å². The molecule has 0 spiro atoms. The van der Waals surface area contributed by atoms with Crippen LogP contribution in [0.15, 0.2) is 34.6 Å². The van der Waals surface area contributed by atoms with Crippen LogP contribution < -0.4 is 0 Å². The van der Waals surface area contributed by atoms with Crippen molar-refractivity contribution in [1.82, 2.24) is 4.90 Å². The van der Waals surface area contributed by atoms with Gasteiger partial charge in [-0.1, -0.05) is 19.1 Å². The second-order valence-electron chi connectivity index (χ2n) is 4.41. The molecule has 2 heterocycles. The third-order valence-corrected chi connectivity index (χ3v) is 3.62. The van der Waals surface area contributed by atoms with E-state index < -0.39 is 11.9 Å². The summed E-state index contributed by atoms with van der Waals surface area (Å²) in [5.41, 5.74) is -0.548. The average Bonchev–Trinajstić information content (AvgIpc) is 2.37. The molecule has 17 heavy (non-hydrogen) atoms. The summed E-state index contributed by atoms with van der Waals surface area (Å²) in [6.07, 6.45) is 3.42. The smallest absolute Gasteiger partial charge is 0.336 e. The van der Waals surface area contributed by atoms with Crippen molar-refractivity contribution in [1.29, 1.82) is 0 Å². The molecule has 0 fully saturated rings. The molecule has 0 saturated carbocycles. The van der Waals surface area contributed by atoms with Gasteiger partial charge in [0.05, 0.1) is 6.04 Å². The quantitative estimate of drug-likeness (QED) is 0.643. The number of halogens is 4. The number of fused-ring (bicyclic) bond motifs is 1. The van der Waals surface area contributed by atoms with Crippen LogP contribution in [0.5, 0.6) is 0 Å². The Morgan fingerprint density at radius 2 is 2.12 bits per heavy atom. The van der Waals surface area contributed by atoms with Crippen molar-refractivity contribution in [2.45, 2.75) is 32.0 Å². The molecule has 2 aliphatic heterocycles. The highest BCUT2D eigenvalue weighted by Gasteiger charge is 2.41. The van der Waals surface area contributed by atoms with Crippen LogP contribution in [-0.4, -0.2) is 17.1 Å². The molecule has 2 atom stereocenters. The minimum Gasteiger partial charge on any atom is -0.336 e. The zero-order valence-corrected chi connectivity index (χ0v) is 10.9. The maximum atomic E-state index is 13.0. The zero-order chi connectivity index (χ0) is 12.6. The van der Waals surface area contributed by atoms with Gasteiger partial charge in [-0.15, -0.1) is 0 Å². The Morgan fingerprint density at radius 1 is 1.41 bits per heavy atom. The summed E-state index contributed by atoms with van der Waals surface area (Å²) in [6.45, 7) is 1.99. The largest absolute Gasteiger partial charge is 0.431 e. The standard InChI is InChI=1S/C12H13BrF3N/c1-8-3-2-4-11(12(14,15)16)17-7-9(13)5-6-10(8)17/h4-8,10H,2-3H2,1H3/t8?,10-/m0/s1. The third kappa shape index (κ3) is 2.59. The summed E-state index contributed by atoms with van der Waals surface area (Å²) in [6, 6.07) is -0.202. The van der Waals surface area contributed by atoms with Gasteiger partial charge >= 0.3 is 6.18 Å². The first kappa shape index (κ1) is 12.7. The van der Waals surface area contributed by atoms with E-state index in [-0.39, 0.29) is 12.0 Å². The van der Waals surface area contributed by atoms with Gasteiger partial charge in [-0.05, 0) is 40.8 Å². The number of nitrogens with zero attached hydrogens (tertiary/aromatic N) is 1. The van der Waals surface area contributed by atoms with E-state index in [1.165, 1.54) is 17.2 Å². The Balaban J connectivity index is 2.40. The Hall–Kier alpha value is -0.710. The molecule has 2 aliphatic rings. The molecule has 1 unspecified atom stereocenters. The monoisotopic (exact) mass is 307 g/mol. The predicted octanol–water partition coefficient (Wildman–Crippen LogP) is 4.34. The van der Waals surface area contributed by atoms with Gasteiger partial charge in [0.25, 0.3) is 0 Å². The van der Waals surface area contributed by atoms with Crippen molar-refractivity contribution in [3.8, 4) is 0 Å². The molecular formula is C12H13BrF3N. The summed E-state index contributed by atoms with van der Waals surface area (Å²) < 4.78 is 39.6. The number of hydrogen-bond acceptors (Lipinski definition) is 1. The first-order chi connectivity index (χ1) is 7.89. The molecule has 0 bridgehead atoms. The van der Waals surface area contributed by atoms with Crippen LogP contribution in [0.2, 0.25) is 0 Å². The lowest BCUT2D eigenvalue weighted by Gasteiger charge is -2.35. The molecule has 5 heteroatoms. The maximum Gasteiger partial charge on any atom is 0.431 e. The van der Waals surface area contributed by atoms with E-state index in [1.807, 2.05) is 19.1 Å². The second kappa shape index (κ2) is 4.52. The van der Waals surface area contributed by atoms with Gasteiger partial charge in [-0.3, -0.25) is 0 Å². The lowest BCUT2D eigenvalue weighted by molar-refractivity contribution is -0.110. The highest BCUT2D eigenvalue weighted by Crippen LogP contribution is 2.38. The van der Waals surface area contributed by atoms with Crippen molar-refractivity contribution in [3.63, 3.8) is 0 Å². The lowest BCUT2D eigenvalue weighted by atomic mass is 9.95. The Labute approximate surface area is 107 Å². The average molecular weight is 308 g/mol. The Kier molecular flexibility index (Phi) is 3.39. The summed E-state index contributed by atoms with van der Waals surface area (Å²) >= 11 is 3.23. The van der Waals surface area contributed by atoms with Crippen LogP contribution in [-0.2, 0) is 0 Å². The number of allylic oxidation sites excluding steroid dienone is 4. The van der Waals surface area contributed by atoms with Gasteiger partial charge in [-0.2, -0.15) is 13.2 Å². The molecule has 2 rings (SSSR count). The van der Waals surface area contributed by atoms with E-state index in [4.69, 9.17) is 0 Å². The van der Waals surface area contributed by atoms with Crippen molar-refractivity contribution >= 4 is 15.9 Å². The van der Waals surface area contributed by atoms with Gasteiger partial charge in [0.1, 0.15) is 5.70 Å². The number of rotatable bonds is 0. The van der Waals surface area contributed by atoms with Gasteiger partial charge in [0.2, 0.25) is 0 Å². The fourth-order valence-electron chi connectivity index (χ4n) is 2.26. The van der Waals surface area contributed by atoms with E-state index in [2.05, 4.69) is 15.9 Å². The van der Waals surface area contributed by atoms with Crippen molar-refractivity contribution in [3.05, 3.63) is 34.6 Å². The molecule has 1 nitrogen and oxygen atoms in total. The van der Waals surface area contributed by atoms with Gasteiger partial charge < -0.3 is 4.90 Å². The van der Waals surface area contributed by atoms with Crippen LogP contribution in [0.25, 0.3) is 0 Å². The summed E-state index contributed by atoms with van der Waals surface area (Å²) in [5, 5.41) is 0. The molecule has 0 amide bonds. The van der Waals surface area contributed by atoms with E-state index >= 15 is 0 Å². The molecule has 94 valence electrons. The first-order valence-electron chi connectivity index (χ1n) is 5.51. The van der Waals surface area contributed by atoms with E-state index in [1.54, 1.807) is 0 Å². The topological polar surface area (TPSA) is 3.24 Å². The molecule has 0 aromatic rings. The maximum absolute atomic E-state index is 13.0. The predicted molar refractivity (Wildman–Crippen MR) is 64.3 cm³/mol. The lowest BCUT2D eigenvalue weighted by Crippen LogP contribution is -2.38. The van der Waals surface area contributed by atoms with Crippen LogP contribution in [0.1, 0.15) is 19.8 Å². The first-order valence-corrected chi connectivity index (χ1v) is 6.30. The zero-order valence-electron chi connectivity index (χ0n) is 9.34. The number of hydrogen-bond donors (Lipinski definition) is 0. The van der Waals surface area contributed by atoms with Crippen molar-refractivity contribution < 1.29 is 13.2 Å². The highest BCUT2D eigenvalue weighted by atomic mass is 79.9. The van der Waals surface area contributed by atoms with E-state index in [0.717, 1.165) is 6.42 Å². The SMILES string of the molecule is CC1CCC=C(C(F)(F)F)N2C=C(Br)C=C[C@@H]12. The minimum atomic E-state index is -4.29.